The lowest BCUT2D eigenvalue weighted by molar-refractivity contribution is 0.0416. The Morgan fingerprint density at radius 3 is 2.38 bits per heavy atom. The van der Waals surface area contributed by atoms with Gasteiger partial charge in [0.2, 0.25) is 0 Å². The molecule has 1 fully saturated rings. The summed E-state index contributed by atoms with van der Waals surface area (Å²) in [6, 6.07) is 0. The van der Waals surface area contributed by atoms with Gasteiger partial charge in [0.15, 0.2) is 0 Å². The Morgan fingerprint density at radius 1 is 1.23 bits per heavy atom. The molecule has 0 saturated heterocycles. The highest BCUT2D eigenvalue weighted by molar-refractivity contribution is 4.71. The third-order valence-corrected chi connectivity index (χ3v) is 2.62. The zero-order chi connectivity index (χ0) is 9.68. The van der Waals surface area contributed by atoms with Gasteiger partial charge in [0, 0.05) is 13.2 Å². The van der Waals surface area contributed by atoms with E-state index in [1.165, 1.54) is 0 Å². The Labute approximate surface area is 81.3 Å². The molecule has 0 unspecified atom stereocenters. The van der Waals surface area contributed by atoms with Crippen molar-refractivity contribution in [3.8, 4) is 0 Å². The SMILES string of the molecule is CC(C)COC[C@H]1CC[C@H](O)CC1. The van der Waals surface area contributed by atoms with Crippen LogP contribution >= 0.6 is 0 Å². The lowest BCUT2D eigenvalue weighted by atomic mass is 9.88. The fourth-order valence-electron chi connectivity index (χ4n) is 1.78. The summed E-state index contributed by atoms with van der Waals surface area (Å²) in [6.07, 6.45) is 4.17. The molecule has 2 nitrogen and oxygen atoms in total. The van der Waals surface area contributed by atoms with Crippen LogP contribution in [0.4, 0.5) is 0 Å². The zero-order valence-electron chi connectivity index (χ0n) is 8.83. The molecule has 0 aromatic rings. The lowest BCUT2D eigenvalue weighted by Crippen LogP contribution is -2.22. The van der Waals surface area contributed by atoms with Gasteiger partial charge in [-0.05, 0) is 37.5 Å². The second kappa shape index (κ2) is 5.61. The largest absolute Gasteiger partial charge is 0.393 e. The van der Waals surface area contributed by atoms with Crippen molar-refractivity contribution in [3.05, 3.63) is 0 Å². The van der Waals surface area contributed by atoms with Gasteiger partial charge in [-0.2, -0.15) is 0 Å². The summed E-state index contributed by atoms with van der Waals surface area (Å²) in [5.74, 6) is 1.33. The molecular weight excluding hydrogens is 164 g/mol. The van der Waals surface area contributed by atoms with E-state index >= 15 is 0 Å². The van der Waals surface area contributed by atoms with Crippen molar-refractivity contribution in [2.45, 2.75) is 45.6 Å². The van der Waals surface area contributed by atoms with Crippen molar-refractivity contribution in [1.82, 2.24) is 0 Å². The molecule has 0 atom stereocenters. The minimum Gasteiger partial charge on any atom is -0.393 e. The van der Waals surface area contributed by atoms with Crippen LogP contribution in [0.25, 0.3) is 0 Å². The smallest absolute Gasteiger partial charge is 0.0540 e. The normalized spacial score (nSPS) is 29.5. The van der Waals surface area contributed by atoms with Crippen LogP contribution in [-0.2, 0) is 4.74 Å². The number of hydrogen-bond acceptors (Lipinski definition) is 2. The number of ether oxygens (including phenoxy) is 1. The first-order valence-electron chi connectivity index (χ1n) is 5.44. The molecule has 78 valence electrons. The number of hydrogen-bond donors (Lipinski definition) is 1. The highest BCUT2D eigenvalue weighted by Gasteiger charge is 2.19. The Morgan fingerprint density at radius 2 is 1.85 bits per heavy atom. The van der Waals surface area contributed by atoms with Crippen molar-refractivity contribution in [2.75, 3.05) is 13.2 Å². The van der Waals surface area contributed by atoms with Gasteiger partial charge < -0.3 is 9.84 Å². The molecule has 1 rings (SSSR count). The third-order valence-electron chi connectivity index (χ3n) is 2.62. The van der Waals surface area contributed by atoms with E-state index < -0.39 is 0 Å². The number of aliphatic hydroxyl groups excluding tert-OH is 1. The molecule has 0 amide bonds. The lowest BCUT2D eigenvalue weighted by Gasteiger charge is -2.25. The molecule has 0 radical (unpaired) electrons. The Hall–Kier alpha value is -0.0800. The summed E-state index contributed by atoms with van der Waals surface area (Å²) in [7, 11) is 0. The van der Waals surface area contributed by atoms with Gasteiger partial charge >= 0.3 is 0 Å². The minimum atomic E-state index is -0.0404. The molecule has 0 heterocycles. The van der Waals surface area contributed by atoms with E-state index in [-0.39, 0.29) is 6.10 Å². The Bertz CT molecular complexity index is 126. The van der Waals surface area contributed by atoms with Crippen molar-refractivity contribution in [1.29, 1.82) is 0 Å². The molecule has 0 bridgehead atoms. The minimum absolute atomic E-state index is 0.0404. The van der Waals surface area contributed by atoms with Gasteiger partial charge in [-0.15, -0.1) is 0 Å². The van der Waals surface area contributed by atoms with Gasteiger partial charge in [-0.3, -0.25) is 0 Å². The standard InChI is InChI=1S/C11H22O2/c1-9(2)7-13-8-10-3-5-11(12)6-4-10/h9-12H,3-8H2,1-2H3/t10-,11-. The second-order valence-electron chi connectivity index (χ2n) is 4.61. The van der Waals surface area contributed by atoms with Crippen LogP contribution in [0.3, 0.4) is 0 Å². The van der Waals surface area contributed by atoms with Gasteiger partial charge in [0.05, 0.1) is 6.10 Å². The summed E-state index contributed by atoms with van der Waals surface area (Å²) in [6.45, 7) is 6.11. The summed E-state index contributed by atoms with van der Waals surface area (Å²) in [4.78, 5) is 0. The number of rotatable bonds is 4. The predicted octanol–water partition coefficient (Wildman–Crippen LogP) is 2.21. The van der Waals surface area contributed by atoms with Gasteiger partial charge in [0.1, 0.15) is 0 Å². The molecule has 0 spiro atoms. The van der Waals surface area contributed by atoms with E-state index in [4.69, 9.17) is 4.74 Å². The van der Waals surface area contributed by atoms with E-state index in [0.717, 1.165) is 38.9 Å². The van der Waals surface area contributed by atoms with E-state index in [1.807, 2.05) is 0 Å². The summed E-state index contributed by atoms with van der Waals surface area (Å²) in [5, 5.41) is 9.30. The maximum absolute atomic E-state index is 9.30. The second-order valence-corrected chi connectivity index (χ2v) is 4.61. The van der Waals surface area contributed by atoms with E-state index in [9.17, 15) is 5.11 Å². The molecule has 1 aliphatic carbocycles. The molecule has 0 aromatic heterocycles. The first-order valence-corrected chi connectivity index (χ1v) is 5.44. The van der Waals surface area contributed by atoms with Gasteiger partial charge in [-0.1, -0.05) is 13.8 Å². The van der Waals surface area contributed by atoms with Gasteiger partial charge in [0.25, 0.3) is 0 Å². The van der Waals surface area contributed by atoms with Crippen molar-refractivity contribution in [3.63, 3.8) is 0 Å². The zero-order valence-corrected chi connectivity index (χ0v) is 8.83. The van der Waals surface area contributed by atoms with Crippen LogP contribution in [0.1, 0.15) is 39.5 Å². The van der Waals surface area contributed by atoms with Crippen LogP contribution in [0.5, 0.6) is 0 Å². The monoisotopic (exact) mass is 186 g/mol. The van der Waals surface area contributed by atoms with Gasteiger partial charge in [-0.25, -0.2) is 0 Å². The molecule has 1 aliphatic rings. The van der Waals surface area contributed by atoms with Crippen molar-refractivity contribution >= 4 is 0 Å². The maximum Gasteiger partial charge on any atom is 0.0540 e. The van der Waals surface area contributed by atoms with Crippen LogP contribution in [0, 0.1) is 11.8 Å². The molecule has 2 heteroatoms. The third kappa shape index (κ3) is 4.63. The quantitative estimate of drug-likeness (QED) is 0.729. The molecular formula is C11H22O2. The fourth-order valence-corrected chi connectivity index (χ4v) is 1.78. The highest BCUT2D eigenvalue weighted by atomic mass is 16.5. The summed E-state index contributed by atoms with van der Waals surface area (Å²) < 4.78 is 5.59. The van der Waals surface area contributed by atoms with E-state index in [2.05, 4.69) is 13.8 Å². The fraction of sp³-hybridized carbons (Fsp3) is 1.00. The average molecular weight is 186 g/mol. The van der Waals surface area contributed by atoms with Crippen molar-refractivity contribution < 1.29 is 9.84 Å². The van der Waals surface area contributed by atoms with Crippen LogP contribution < -0.4 is 0 Å². The Balaban J connectivity index is 2.02. The highest BCUT2D eigenvalue weighted by Crippen LogP contribution is 2.24. The Kier molecular flexibility index (Phi) is 4.74. The van der Waals surface area contributed by atoms with Crippen LogP contribution in [0.2, 0.25) is 0 Å². The summed E-state index contributed by atoms with van der Waals surface area (Å²) >= 11 is 0. The molecule has 0 aliphatic heterocycles. The molecule has 1 N–H and O–H groups in total. The topological polar surface area (TPSA) is 29.5 Å². The first kappa shape index (κ1) is 11.0. The van der Waals surface area contributed by atoms with E-state index in [0.29, 0.717) is 11.8 Å². The number of aliphatic hydroxyl groups is 1. The predicted molar refractivity (Wildman–Crippen MR) is 53.6 cm³/mol. The van der Waals surface area contributed by atoms with E-state index in [1.54, 1.807) is 0 Å². The van der Waals surface area contributed by atoms with Crippen LogP contribution in [0.15, 0.2) is 0 Å². The molecule has 13 heavy (non-hydrogen) atoms. The first-order chi connectivity index (χ1) is 6.18. The summed E-state index contributed by atoms with van der Waals surface area (Å²) in [5.41, 5.74) is 0. The maximum atomic E-state index is 9.30. The molecule has 0 aromatic carbocycles. The van der Waals surface area contributed by atoms with Crippen LogP contribution in [-0.4, -0.2) is 24.4 Å². The van der Waals surface area contributed by atoms with Crippen molar-refractivity contribution in [2.24, 2.45) is 11.8 Å². The molecule has 1 saturated carbocycles. The average Bonchev–Trinajstić information content (AvgIpc) is 2.08.